The summed E-state index contributed by atoms with van der Waals surface area (Å²) >= 11 is 7.80. The van der Waals surface area contributed by atoms with E-state index >= 15 is 0 Å². The minimum Gasteiger partial charge on any atom is -0.357 e. The van der Waals surface area contributed by atoms with E-state index in [1.807, 2.05) is 0 Å². The summed E-state index contributed by atoms with van der Waals surface area (Å²) in [6, 6.07) is 2.14. The van der Waals surface area contributed by atoms with Crippen LogP contribution in [0.3, 0.4) is 0 Å². The smallest absolute Gasteiger partial charge is 0.135 e. The summed E-state index contributed by atoms with van der Waals surface area (Å²) in [5.74, 6) is 0. The summed E-state index contributed by atoms with van der Waals surface area (Å²) in [6.45, 7) is 7.20. The van der Waals surface area contributed by atoms with Crippen LogP contribution in [-0.2, 0) is 5.41 Å². The molecule has 14 heavy (non-hydrogen) atoms. The predicted octanol–water partition coefficient (Wildman–Crippen LogP) is 3.41. The number of nitrogens with one attached hydrogen (secondary N) is 1. The monoisotopic (exact) mass is 228 g/mol. The number of hydrogen-bond donors (Lipinski definition) is 1. The third kappa shape index (κ3) is 1.66. The molecule has 0 bridgehead atoms. The molecular weight excluding hydrogens is 216 g/mol. The van der Waals surface area contributed by atoms with Crippen molar-refractivity contribution >= 4 is 33.1 Å². The van der Waals surface area contributed by atoms with Crippen LogP contribution in [0.5, 0.6) is 0 Å². The lowest BCUT2D eigenvalue weighted by Gasteiger charge is -2.15. The third-order valence-electron chi connectivity index (χ3n) is 2.15. The van der Waals surface area contributed by atoms with Crippen LogP contribution in [0.4, 0.5) is 5.00 Å². The van der Waals surface area contributed by atoms with Crippen LogP contribution in [0.15, 0.2) is 11.1 Å². The molecule has 1 aromatic heterocycles. The Bertz CT molecular complexity index is 387. The van der Waals surface area contributed by atoms with Gasteiger partial charge in [0, 0.05) is 10.4 Å². The number of anilines is 1. The molecule has 0 amide bonds. The number of hydrogen-bond acceptors (Lipinski definition) is 3. The molecule has 1 N–H and O–H groups in total. The summed E-state index contributed by atoms with van der Waals surface area (Å²) in [7, 11) is 0. The van der Waals surface area contributed by atoms with E-state index in [-0.39, 0.29) is 5.41 Å². The zero-order valence-electron chi connectivity index (χ0n) is 8.52. The fourth-order valence-corrected chi connectivity index (χ4v) is 2.68. The molecule has 1 aliphatic rings. The molecule has 2 nitrogen and oxygen atoms in total. The quantitative estimate of drug-likeness (QED) is 0.723. The maximum atomic E-state index is 6.03. The van der Waals surface area contributed by atoms with Crippen molar-refractivity contribution in [1.82, 2.24) is 0 Å². The van der Waals surface area contributed by atoms with Crippen molar-refractivity contribution in [2.75, 3.05) is 12.0 Å². The average Bonchev–Trinajstić information content (AvgIpc) is 2.48. The first-order valence-corrected chi connectivity index (χ1v) is 5.76. The minimum atomic E-state index is 0.181. The maximum absolute atomic E-state index is 6.03. The Morgan fingerprint density at radius 1 is 1.50 bits per heavy atom. The molecule has 0 saturated heterocycles. The van der Waals surface area contributed by atoms with Crippen molar-refractivity contribution < 1.29 is 0 Å². The Morgan fingerprint density at radius 2 is 2.21 bits per heavy atom. The Labute approximate surface area is 93.0 Å². The van der Waals surface area contributed by atoms with E-state index < -0.39 is 0 Å². The molecule has 0 saturated carbocycles. The summed E-state index contributed by atoms with van der Waals surface area (Å²) in [5.41, 5.74) is 1.23. The van der Waals surface area contributed by atoms with Crippen LogP contribution < -0.4 is 5.32 Å². The number of thiophene rings is 1. The van der Waals surface area contributed by atoms with Gasteiger partial charge in [0.25, 0.3) is 0 Å². The van der Waals surface area contributed by atoms with Crippen molar-refractivity contribution in [2.24, 2.45) is 4.99 Å². The molecule has 1 aliphatic heterocycles. The van der Waals surface area contributed by atoms with Crippen molar-refractivity contribution in [3.8, 4) is 0 Å². The Kier molecular flexibility index (Phi) is 2.32. The van der Waals surface area contributed by atoms with E-state index in [1.165, 1.54) is 4.88 Å². The van der Waals surface area contributed by atoms with Crippen molar-refractivity contribution in [1.29, 1.82) is 0 Å². The molecule has 0 radical (unpaired) electrons. The first kappa shape index (κ1) is 9.99. The van der Waals surface area contributed by atoms with Crippen LogP contribution in [0, 0.1) is 0 Å². The standard InChI is InChI=1S/C10H13ClN2S/c1-10(2,3)7-4-6-8(11)12-5-13-9(6)14-7/h4,13H,5H2,1-3H3. The molecular formula is C10H13ClN2S. The van der Waals surface area contributed by atoms with Gasteiger partial charge < -0.3 is 5.32 Å². The van der Waals surface area contributed by atoms with E-state index in [4.69, 9.17) is 11.6 Å². The lowest BCUT2D eigenvalue weighted by Crippen LogP contribution is -2.09. The van der Waals surface area contributed by atoms with Crippen LogP contribution in [0.2, 0.25) is 0 Å². The fourth-order valence-electron chi connectivity index (χ4n) is 1.31. The molecule has 76 valence electrons. The maximum Gasteiger partial charge on any atom is 0.135 e. The Hall–Kier alpha value is -0.540. The molecule has 0 spiro atoms. The van der Waals surface area contributed by atoms with Crippen molar-refractivity contribution in [3.05, 3.63) is 16.5 Å². The van der Waals surface area contributed by atoms with Crippen LogP contribution in [0.1, 0.15) is 31.2 Å². The first-order chi connectivity index (χ1) is 6.48. The Balaban J connectivity index is 2.47. The molecule has 1 aromatic rings. The number of fused-ring (bicyclic) bond motifs is 1. The average molecular weight is 229 g/mol. The molecule has 0 unspecified atom stereocenters. The normalized spacial score (nSPS) is 15.9. The molecule has 2 rings (SSSR count). The third-order valence-corrected chi connectivity index (χ3v) is 3.99. The minimum absolute atomic E-state index is 0.181. The largest absolute Gasteiger partial charge is 0.357 e. The van der Waals surface area contributed by atoms with E-state index in [2.05, 4.69) is 37.1 Å². The lowest BCUT2D eigenvalue weighted by molar-refractivity contribution is 0.604. The number of aliphatic imine (C=N–C) groups is 1. The van der Waals surface area contributed by atoms with Gasteiger partial charge in [-0.15, -0.1) is 11.3 Å². The van der Waals surface area contributed by atoms with Gasteiger partial charge in [0.2, 0.25) is 0 Å². The van der Waals surface area contributed by atoms with Gasteiger partial charge in [0.1, 0.15) is 16.8 Å². The van der Waals surface area contributed by atoms with E-state index in [0.717, 1.165) is 10.6 Å². The zero-order chi connectivity index (χ0) is 10.3. The summed E-state index contributed by atoms with van der Waals surface area (Å²) < 4.78 is 0. The lowest BCUT2D eigenvalue weighted by atomic mass is 9.94. The van der Waals surface area contributed by atoms with E-state index in [0.29, 0.717) is 11.8 Å². The van der Waals surface area contributed by atoms with Gasteiger partial charge in [0.15, 0.2) is 0 Å². The molecule has 0 atom stereocenters. The van der Waals surface area contributed by atoms with E-state index in [1.54, 1.807) is 11.3 Å². The highest BCUT2D eigenvalue weighted by Crippen LogP contribution is 2.37. The highest BCUT2D eigenvalue weighted by molar-refractivity contribution is 7.17. The van der Waals surface area contributed by atoms with Gasteiger partial charge in [-0.25, -0.2) is 0 Å². The second-order valence-corrected chi connectivity index (χ2v) is 5.80. The van der Waals surface area contributed by atoms with Gasteiger partial charge in [0.05, 0.1) is 0 Å². The van der Waals surface area contributed by atoms with Crippen molar-refractivity contribution in [3.63, 3.8) is 0 Å². The van der Waals surface area contributed by atoms with Crippen LogP contribution >= 0.6 is 22.9 Å². The highest BCUT2D eigenvalue weighted by Gasteiger charge is 2.22. The highest BCUT2D eigenvalue weighted by atomic mass is 35.5. The first-order valence-electron chi connectivity index (χ1n) is 4.57. The summed E-state index contributed by atoms with van der Waals surface area (Å²) in [5, 5.41) is 5.01. The Morgan fingerprint density at radius 3 is 2.79 bits per heavy atom. The summed E-state index contributed by atoms with van der Waals surface area (Å²) in [4.78, 5) is 5.48. The van der Waals surface area contributed by atoms with Gasteiger partial charge in [-0.1, -0.05) is 32.4 Å². The van der Waals surface area contributed by atoms with E-state index in [9.17, 15) is 0 Å². The molecule has 0 aliphatic carbocycles. The van der Waals surface area contributed by atoms with Crippen molar-refractivity contribution in [2.45, 2.75) is 26.2 Å². The van der Waals surface area contributed by atoms with Gasteiger partial charge in [-0.05, 0) is 11.5 Å². The molecule has 4 heteroatoms. The SMILES string of the molecule is CC(C)(C)c1cc2c(s1)NCN=C2Cl. The van der Waals surface area contributed by atoms with Crippen LogP contribution in [0.25, 0.3) is 0 Å². The number of rotatable bonds is 0. The molecule has 2 heterocycles. The fraction of sp³-hybridized carbons (Fsp3) is 0.500. The van der Waals surface area contributed by atoms with Crippen LogP contribution in [-0.4, -0.2) is 11.8 Å². The predicted molar refractivity (Wildman–Crippen MR) is 63.9 cm³/mol. The second kappa shape index (κ2) is 3.24. The zero-order valence-corrected chi connectivity index (χ0v) is 10.1. The number of halogens is 1. The van der Waals surface area contributed by atoms with Gasteiger partial charge in [-0.2, -0.15) is 0 Å². The molecule has 0 aromatic carbocycles. The van der Waals surface area contributed by atoms with Gasteiger partial charge >= 0.3 is 0 Å². The molecule has 0 fully saturated rings. The summed E-state index contributed by atoms with van der Waals surface area (Å²) in [6.07, 6.45) is 0. The second-order valence-electron chi connectivity index (χ2n) is 4.39. The topological polar surface area (TPSA) is 24.4 Å². The van der Waals surface area contributed by atoms with Gasteiger partial charge in [-0.3, -0.25) is 4.99 Å². The number of nitrogens with zero attached hydrogens (tertiary/aromatic N) is 1.